The van der Waals surface area contributed by atoms with E-state index in [0.717, 1.165) is 12.8 Å². The summed E-state index contributed by atoms with van der Waals surface area (Å²) < 4.78 is 1.29. The van der Waals surface area contributed by atoms with Crippen LogP contribution in [0.25, 0.3) is 34.4 Å². The van der Waals surface area contributed by atoms with E-state index in [9.17, 15) is 0 Å². The minimum Gasteiger partial charge on any atom is -0.394 e. The molecule has 2 nitrogen and oxygen atoms in total. The fraction of sp³-hybridized carbons (Fsp3) is 0.391. The molecule has 256 valence electrons. The molecule has 0 aliphatic heterocycles. The average molecular weight is 732 g/mol. The number of benzene rings is 4. The number of allylic oxidation sites excluding steroid dienone is 2. The largest absolute Gasteiger partial charge is 0.394 e. The van der Waals surface area contributed by atoms with Crippen LogP contribution in [0.3, 0.4) is 0 Å². The molecule has 2 aliphatic carbocycles. The maximum atomic E-state index is 7.62. The van der Waals surface area contributed by atoms with Crippen molar-refractivity contribution in [2.75, 3.05) is 13.2 Å². The van der Waals surface area contributed by atoms with E-state index in [1.165, 1.54) is 95.9 Å². The number of aliphatic hydroxyl groups is 2. The van der Waals surface area contributed by atoms with Gasteiger partial charge in [-0.2, -0.15) is 0 Å². The maximum Gasteiger partial charge on any atom is 0.0662 e. The summed E-state index contributed by atoms with van der Waals surface area (Å²) in [6, 6.07) is 33.2. The van der Waals surface area contributed by atoms with Gasteiger partial charge in [0.25, 0.3) is 0 Å². The van der Waals surface area contributed by atoms with E-state index < -0.39 is 23.2 Å². The van der Waals surface area contributed by atoms with Gasteiger partial charge in [-0.1, -0.05) is 0 Å². The van der Waals surface area contributed by atoms with E-state index in [1.54, 1.807) is 22.3 Å². The number of fused-ring (bicyclic) bond motifs is 2. The third-order valence-corrected chi connectivity index (χ3v) is 15.0. The van der Waals surface area contributed by atoms with Crippen LogP contribution in [0.4, 0.5) is 0 Å². The van der Waals surface area contributed by atoms with Gasteiger partial charge in [0.15, 0.2) is 0 Å². The van der Waals surface area contributed by atoms with Crippen molar-refractivity contribution in [1.82, 2.24) is 0 Å². The van der Waals surface area contributed by atoms with Gasteiger partial charge in [-0.15, -0.1) is 0 Å². The quantitative estimate of drug-likeness (QED) is 0.128. The molecule has 0 saturated heterocycles. The molecule has 49 heavy (non-hydrogen) atoms. The molecule has 0 heterocycles. The first kappa shape index (κ1) is 37.4. The molecule has 0 radical (unpaired) electrons. The Morgan fingerprint density at radius 1 is 0.490 bits per heavy atom. The van der Waals surface area contributed by atoms with Crippen LogP contribution >= 0.6 is 0 Å². The van der Waals surface area contributed by atoms with Crippen LogP contribution in [0.2, 0.25) is 0 Å². The van der Waals surface area contributed by atoms with E-state index in [-0.39, 0.29) is 13.2 Å². The summed E-state index contributed by atoms with van der Waals surface area (Å²) in [6.07, 6.45) is 17.5. The zero-order valence-electron chi connectivity index (χ0n) is 30.3. The summed E-state index contributed by atoms with van der Waals surface area (Å²) in [5, 5.41) is 15.2. The third-order valence-electron chi connectivity index (χ3n) is 9.98. The van der Waals surface area contributed by atoms with Gasteiger partial charge < -0.3 is 10.2 Å². The van der Waals surface area contributed by atoms with Gasteiger partial charge in [0, 0.05) is 0 Å². The first-order valence-electron chi connectivity index (χ1n) is 18.9. The van der Waals surface area contributed by atoms with E-state index >= 15 is 0 Å². The Kier molecular flexibility index (Phi) is 14.5. The van der Waals surface area contributed by atoms with Gasteiger partial charge in [0.2, 0.25) is 0 Å². The fourth-order valence-corrected chi connectivity index (χ4v) is 12.6. The zero-order valence-corrected chi connectivity index (χ0v) is 32.7. The summed E-state index contributed by atoms with van der Waals surface area (Å²) >= 11 is -0.946. The van der Waals surface area contributed by atoms with Crippen molar-refractivity contribution >= 4 is 12.2 Å². The molecular weight excluding hydrogens is 676 g/mol. The van der Waals surface area contributed by atoms with Gasteiger partial charge in [0.05, 0.1) is 13.2 Å². The molecule has 4 aromatic rings. The van der Waals surface area contributed by atoms with Gasteiger partial charge in [-0.3, -0.25) is 0 Å². The SMILES string of the molecule is CCCCC1=Cc2c(-c3ccc(CCC)cc3)cccc2[CH]1[Zr][CH]1C(CCCC)=Cc2c(-c3ccc(CCC)cc3)cccc21.OCCO. The average Bonchev–Trinajstić information content (AvgIpc) is 3.68. The first-order valence-corrected chi connectivity index (χ1v) is 21.7. The monoisotopic (exact) mass is 730 g/mol. The van der Waals surface area contributed by atoms with Gasteiger partial charge in [-0.25, -0.2) is 0 Å². The molecule has 0 aromatic heterocycles. The van der Waals surface area contributed by atoms with Crippen molar-refractivity contribution in [2.45, 2.75) is 99.2 Å². The molecule has 2 aliphatic rings. The van der Waals surface area contributed by atoms with E-state index in [0.29, 0.717) is 7.25 Å². The zero-order chi connectivity index (χ0) is 34.6. The second kappa shape index (κ2) is 19.0. The van der Waals surface area contributed by atoms with Crippen LogP contribution in [-0.2, 0) is 36.1 Å². The topological polar surface area (TPSA) is 40.5 Å². The van der Waals surface area contributed by atoms with E-state index in [1.807, 2.05) is 0 Å². The second-order valence-corrected chi connectivity index (χ2v) is 17.3. The first-order chi connectivity index (χ1) is 24.1. The van der Waals surface area contributed by atoms with Crippen molar-refractivity contribution in [3.8, 4) is 22.3 Å². The molecule has 4 aromatic carbocycles. The van der Waals surface area contributed by atoms with E-state index in [4.69, 9.17) is 10.2 Å². The minimum atomic E-state index is -0.946. The number of hydrogen-bond acceptors (Lipinski definition) is 2. The minimum absolute atomic E-state index is 0.125. The molecule has 0 fully saturated rings. The molecule has 2 atom stereocenters. The van der Waals surface area contributed by atoms with Gasteiger partial charge >= 0.3 is 286 Å². The molecule has 0 bridgehead atoms. The van der Waals surface area contributed by atoms with Crippen LogP contribution in [-0.4, -0.2) is 23.4 Å². The van der Waals surface area contributed by atoms with Crippen LogP contribution < -0.4 is 0 Å². The number of aryl methyl sites for hydroxylation is 2. The van der Waals surface area contributed by atoms with Crippen LogP contribution in [0.15, 0.2) is 96.1 Å². The molecule has 0 amide bonds. The number of aliphatic hydroxyl groups excluding tert-OH is 2. The standard InChI is InChI=1S/2C22H25.C2H6O2.Zr/c2*1-3-5-8-18-15-20-9-6-10-21(22(20)16-18)19-13-11-17(7-4-2)12-14-19;3-1-2-4;/h2*6,9-16H,3-5,7-8H2,1-2H3;3-4H,1-2H2;. The smallest absolute Gasteiger partial charge is 0.0662 e. The van der Waals surface area contributed by atoms with Crippen LogP contribution in [0.1, 0.15) is 120 Å². The summed E-state index contributed by atoms with van der Waals surface area (Å²) in [6.45, 7) is 8.97. The van der Waals surface area contributed by atoms with Crippen molar-refractivity contribution < 1.29 is 33.4 Å². The van der Waals surface area contributed by atoms with Crippen molar-refractivity contribution in [2.24, 2.45) is 0 Å². The van der Waals surface area contributed by atoms with Crippen LogP contribution in [0, 0.1) is 0 Å². The molecule has 6 rings (SSSR count). The Bertz CT molecular complexity index is 1570. The summed E-state index contributed by atoms with van der Waals surface area (Å²) in [5.74, 6) is 0. The van der Waals surface area contributed by atoms with Crippen molar-refractivity contribution in [3.63, 3.8) is 0 Å². The Morgan fingerprint density at radius 2 is 0.898 bits per heavy atom. The van der Waals surface area contributed by atoms with Crippen LogP contribution in [0.5, 0.6) is 0 Å². The van der Waals surface area contributed by atoms with E-state index in [2.05, 4.69) is 125 Å². The third kappa shape index (κ3) is 9.10. The molecular formula is C46H56O2Zr. The summed E-state index contributed by atoms with van der Waals surface area (Å²) in [4.78, 5) is 0. The Balaban J connectivity index is 0.00000111. The number of hydrogen-bond donors (Lipinski definition) is 2. The molecule has 2 N–H and O–H groups in total. The maximum absolute atomic E-state index is 7.62. The fourth-order valence-electron chi connectivity index (χ4n) is 7.47. The van der Waals surface area contributed by atoms with Crippen molar-refractivity contribution in [3.05, 3.63) is 129 Å². The Hall–Kier alpha value is -2.84. The predicted octanol–water partition coefficient (Wildman–Crippen LogP) is 11.9. The van der Waals surface area contributed by atoms with Crippen molar-refractivity contribution in [1.29, 1.82) is 0 Å². The normalized spacial score (nSPS) is 16.0. The predicted molar refractivity (Wildman–Crippen MR) is 206 cm³/mol. The summed E-state index contributed by atoms with van der Waals surface area (Å²) in [5.41, 5.74) is 18.2. The summed E-state index contributed by atoms with van der Waals surface area (Å²) in [7, 11) is 0. The Morgan fingerprint density at radius 3 is 1.24 bits per heavy atom. The molecule has 0 saturated carbocycles. The Labute approximate surface area is 308 Å². The number of unbranched alkanes of at least 4 members (excludes halogenated alkanes) is 2. The molecule has 2 unspecified atom stereocenters. The molecule has 0 spiro atoms. The van der Waals surface area contributed by atoms with Gasteiger partial charge in [0.1, 0.15) is 0 Å². The number of rotatable bonds is 15. The van der Waals surface area contributed by atoms with Gasteiger partial charge in [-0.05, 0) is 0 Å². The second-order valence-electron chi connectivity index (χ2n) is 13.6. The molecule has 3 heteroatoms.